The average Bonchev–Trinajstić information content (AvgIpc) is 2.81. The Morgan fingerprint density at radius 2 is 2.11 bits per heavy atom. The maximum Gasteiger partial charge on any atom is 0.128 e. The molecule has 1 N–H and O–H groups in total. The molecule has 1 atom stereocenters. The zero-order chi connectivity index (χ0) is 13.0. The van der Waals surface area contributed by atoms with Crippen molar-refractivity contribution in [3.8, 4) is 0 Å². The third-order valence-corrected chi connectivity index (χ3v) is 4.16. The molecule has 0 bridgehead atoms. The van der Waals surface area contributed by atoms with E-state index in [0.29, 0.717) is 18.2 Å². The van der Waals surface area contributed by atoms with Gasteiger partial charge in [0.1, 0.15) is 5.82 Å². The maximum atomic E-state index is 13.6. The predicted octanol–water partition coefficient (Wildman–Crippen LogP) is 3.16. The van der Waals surface area contributed by atoms with Gasteiger partial charge in [-0.1, -0.05) is 22.0 Å². The number of nitrogens with zero attached hydrogens (tertiary/aromatic N) is 1. The van der Waals surface area contributed by atoms with Crippen LogP contribution in [0.5, 0.6) is 0 Å². The Bertz CT molecular complexity index is 371. The Labute approximate surface area is 117 Å². The molecule has 100 valence electrons. The summed E-state index contributed by atoms with van der Waals surface area (Å²) in [5.74, 6) is -0.148. The molecule has 1 aliphatic rings. The highest BCUT2D eigenvalue weighted by Crippen LogP contribution is 2.19. The Hall–Kier alpha value is -0.450. The minimum Gasteiger partial charge on any atom is -0.309 e. The summed E-state index contributed by atoms with van der Waals surface area (Å²) in [7, 11) is 0. The van der Waals surface area contributed by atoms with Crippen LogP contribution in [0.1, 0.15) is 25.3 Å². The molecular formula is C14H20BrFN2. The van der Waals surface area contributed by atoms with Crippen LogP contribution in [0.4, 0.5) is 4.39 Å². The van der Waals surface area contributed by atoms with Gasteiger partial charge >= 0.3 is 0 Å². The second-order valence-electron chi connectivity index (χ2n) is 4.99. The van der Waals surface area contributed by atoms with Crippen LogP contribution in [0, 0.1) is 5.82 Å². The highest BCUT2D eigenvalue weighted by atomic mass is 79.9. The van der Waals surface area contributed by atoms with Gasteiger partial charge in [0, 0.05) is 29.2 Å². The van der Waals surface area contributed by atoms with E-state index in [1.165, 1.54) is 32.0 Å². The van der Waals surface area contributed by atoms with Crippen molar-refractivity contribution in [3.63, 3.8) is 0 Å². The molecule has 0 amide bonds. The van der Waals surface area contributed by atoms with E-state index in [9.17, 15) is 4.39 Å². The molecule has 4 heteroatoms. The topological polar surface area (TPSA) is 15.3 Å². The van der Waals surface area contributed by atoms with Crippen LogP contribution in [0.2, 0.25) is 0 Å². The van der Waals surface area contributed by atoms with Crippen LogP contribution in [-0.4, -0.2) is 30.6 Å². The van der Waals surface area contributed by atoms with Crippen molar-refractivity contribution >= 4 is 15.9 Å². The van der Waals surface area contributed by atoms with Crippen LogP contribution < -0.4 is 5.32 Å². The van der Waals surface area contributed by atoms with Gasteiger partial charge in [-0.25, -0.2) is 4.39 Å². The number of benzene rings is 1. The lowest BCUT2D eigenvalue weighted by atomic mass is 10.2. The summed E-state index contributed by atoms with van der Waals surface area (Å²) in [6.07, 6.45) is 2.62. The van der Waals surface area contributed by atoms with Gasteiger partial charge in [0.15, 0.2) is 0 Å². The van der Waals surface area contributed by atoms with Gasteiger partial charge in [-0.05, 0) is 45.0 Å². The molecule has 1 unspecified atom stereocenters. The first-order chi connectivity index (χ1) is 8.66. The van der Waals surface area contributed by atoms with E-state index in [1.807, 2.05) is 6.07 Å². The standard InChI is InChI=1S/C14H20BrFN2/c1-11(10-18-7-2-3-8-18)17-9-12-13(15)5-4-6-14(12)16/h4-6,11,17H,2-3,7-10H2,1H3. The second kappa shape index (κ2) is 6.64. The van der Waals surface area contributed by atoms with E-state index in [-0.39, 0.29) is 5.82 Å². The van der Waals surface area contributed by atoms with Crippen LogP contribution in [-0.2, 0) is 6.54 Å². The number of hydrogen-bond donors (Lipinski definition) is 1. The Morgan fingerprint density at radius 3 is 2.78 bits per heavy atom. The smallest absolute Gasteiger partial charge is 0.128 e. The first-order valence-corrected chi connectivity index (χ1v) is 7.35. The molecule has 1 fully saturated rings. The van der Waals surface area contributed by atoms with Gasteiger partial charge < -0.3 is 10.2 Å². The predicted molar refractivity (Wildman–Crippen MR) is 76.1 cm³/mol. The van der Waals surface area contributed by atoms with E-state index >= 15 is 0 Å². The summed E-state index contributed by atoms with van der Waals surface area (Å²) in [6.45, 7) is 6.19. The molecule has 1 aromatic carbocycles. The number of nitrogens with one attached hydrogen (secondary N) is 1. The van der Waals surface area contributed by atoms with Crippen molar-refractivity contribution in [2.24, 2.45) is 0 Å². The van der Waals surface area contributed by atoms with Gasteiger partial charge in [0.25, 0.3) is 0 Å². The molecule has 2 nitrogen and oxygen atoms in total. The highest BCUT2D eigenvalue weighted by Gasteiger charge is 2.15. The lowest BCUT2D eigenvalue weighted by Gasteiger charge is -2.21. The van der Waals surface area contributed by atoms with Gasteiger partial charge in [0.2, 0.25) is 0 Å². The number of rotatable bonds is 5. The first kappa shape index (κ1) is 14.0. The van der Waals surface area contributed by atoms with Crippen molar-refractivity contribution in [2.75, 3.05) is 19.6 Å². The lowest BCUT2D eigenvalue weighted by molar-refractivity contribution is 0.297. The molecule has 18 heavy (non-hydrogen) atoms. The monoisotopic (exact) mass is 314 g/mol. The molecule has 0 spiro atoms. The van der Waals surface area contributed by atoms with Crippen molar-refractivity contribution in [2.45, 2.75) is 32.4 Å². The third-order valence-electron chi connectivity index (χ3n) is 3.42. The SMILES string of the molecule is CC(CN1CCCC1)NCc1c(F)cccc1Br. The first-order valence-electron chi connectivity index (χ1n) is 6.55. The molecule has 0 aliphatic carbocycles. The molecule has 1 aliphatic heterocycles. The van der Waals surface area contributed by atoms with E-state index in [1.54, 1.807) is 6.07 Å². The number of hydrogen-bond acceptors (Lipinski definition) is 2. The van der Waals surface area contributed by atoms with Crippen LogP contribution >= 0.6 is 15.9 Å². The van der Waals surface area contributed by atoms with Crippen LogP contribution in [0.3, 0.4) is 0 Å². The minimum absolute atomic E-state index is 0.148. The molecule has 0 aromatic heterocycles. The van der Waals surface area contributed by atoms with Gasteiger partial charge in [0.05, 0.1) is 0 Å². The van der Waals surface area contributed by atoms with E-state index in [0.717, 1.165) is 11.0 Å². The van der Waals surface area contributed by atoms with Crippen molar-refractivity contribution in [1.82, 2.24) is 10.2 Å². The van der Waals surface area contributed by atoms with Crippen molar-refractivity contribution < 1.29 is 4.39 Å². The molecule has 0 radical (unpaired) electrons. The molecule has 2 rings (SSSR count). The highest BCUT2D eigenvalue weighted by molar-refractivity contribution is 9.10. The average molecular weight is 315 g/mol. The fourth-order valence-corrected chi connectivity index (χ4v) is 2.88. The second-order valence-corrected chi connectivity index (χ2v) is 5.84. The summed E-state index contributed by atoms with van der Waals surface area (Å²) < 4.78 is 14.5. The number of halogens is 2. The van der Waals surface area contributed by atoms with E-state index < -0.39 is 0 Å². The van der Waals surface area contributed by atoms with Crippen LogP contribution in [0.25, 0.3) is 0 Å². The summed E-state index contributed by atoms with van der Waals surface area (Å²) in [4.78, 5) is 2.47. The Balaban J connectivity index is 1.83. The normalized spacial score (nSPS) is 18.2. The van der Waals surface area contributed by atoms with Crippen molar-refractivity contribution in [3.05, 3.63) is 34.1 Å². The lowest BCUT2D eigenvalue weighted by Crippen LogP contribution is -2.37. The van der Waals surface area contributed by atoms with Gasteiger partial charge in [-0.3, -0.25) is 0 Å². The Morgan fingerprint density at radius 1 is 1.39 bits per heavy atom. The molecule has 1 saturated heterocycles. The summed E-state index contributed by atoms with van der Waals surface area (Å²) in [6, 6.07) is 5.49. The zero-order valence-electron chi connectivity index (χ0n) is 10.8. The van der Waals surface area contributed by atoms with Gasteiger partial charge in [-0.2, -0.15) is 0 Å². The Kier molecular flexibility index (Phi) is 5.15. The van der Waals surface area contributed by atoms with Crippen LogP contribution in [0.15, 0.2) is 22.7 Å². The molecular weight excluding hydrogens is 295 g/mol. The molecule has 0 saturated carbocycles. The summed E-state index contributed by atoms with van der Waals surface area (Å²) in [5.41, 5.74) is 0.714. The third kappa shape index (κ3) is 3.77. The van der Waals surface area contributed by atoms with Gasteiger partial charge in [-0.15, -0.1) is 0 Å². The summed E-state index contributed by atoms with van der Waals surface area (Å²) >= 11 is 3.39. The fourth-order valence-electron chi connectivity index (χ4n) is 2.39. The van der Waals surface area contributed by atoms with E-state index in [2.05, 4.69) is 33.1 Å². The molecule has 1 heterocycles. The van der Waals surface area contributed by atoms with Crippen molar-refractivity contribution in [1.29, 1.82) is 0 Å². The largest absolute Gasteiger partial charge is 0.309 e. The number of likely N-dealkylation sites (tertiary alicyclic amines) is 1. The quantitative estimate of drug-likeness (QED) is 0.898. The molecule has 1 aromatic rings. The van der Waals surface area contributed by atoms with E-state index in [4.69, 9.17) is 0 Å². The minimum atomic E-state index is -0.148. The maximum absolute atomic E-state index is 13.6. The fraction of sp³-hybridized carbons (Fsp3) is 0.571. The zero-order valence-corrected chi connectivity index (χ0v) is 12.3. The summed E-state index contributed by atoms with van der Waals surface area (Å²) in [5, 5.41) is 3.40.